The Labute approximate surface area is 206 Å². The van der Waals surface area contributed by atoms with E-state index < -0.39 is 70.8 Å². The van der Waals surface area contributed by atoms with E-state index in [0.29, 0.717) is 11.1 Å². The summed E-state index contributed by atoms with van der Waals surface area (Å²) in [6, 6.07) is 1.43. The number of aromatic hydroxyl groups is 1. The van der Waals surface area contributed by atoms with Crippen LogP contribution in [-0.2, 0) is 27.3 Å². The molecule has 1 aromatic rings. The highest BCUT2D eigenvalue weighted by Gasteiger charge is 2.64. The number of benzene rings is 1. The molecule has 5 atom stereocenters. The second-order valence-electron chi connectivity index (χ2n) is 10.00. The van der Waals surface area contributed by atoms with E-state index in [1.54, 1.807) is 27.1 Å². The molecule has 7 N–H and O–H groups in total. The molecule has 4 rings (SSSR count). The van der Waals surface area contributed by atoms with Crippen LogP contribution in [0.15, 0.2) is 29.0 Å². The molecule has 0 radical (unpaired) electrons. The van der Waals surface area contributed by atoms with Crippen molar-refractivity contribution in [2.24, 2.45) is 17.6 Å². The number of nitrogens with zero attached hydrogens (tertiary/aromatic N) is 1. The van der Waals surface area contributed by atoms with E-state index in [4.69, 9.17) is 5.73 Å². The van der Waals surface area contributed by atoms with Gasteiger partial charge in [0.1, 0.15) is 29.5 Å². The molecule has 0 heterocycles. The molecular weight excluding hydrogens is 473 g/mol. The number of carbonyl (C=O) groups is 3. The van der Waals surface area contributed by atoms with Crippen molar-refractivity contribution in [3.8, 4) is 5.75 Å². The summed E-state index contributed by atoms with van der Waals surface area (Å²) >= 11 is 0. The minimum atomic E-state index is -2.67. The quantitative estimate of drug-likeness (QED) is 0.301. The standard InChI is InChI=1S/C25H30FN3O7/c1-10(8-26)28-9-11-4-5-15(30)17-13(11)6-12-7-14-19(29(2)3)21(32)18(24(27)35)23(34)25(14,36)22(33)16(12)20(17)31/h4-5,10,12,14,19,28,30-31,34,36H,6-9H2,1-3H3,(H2,27,35)/t10?,12-,14-,19?,25-/m0/s1. The van der Waals surface area contributed by atoms with E-state index in [0.717, 1.165) is 0 Å². The van der Waals surface area contributed by atoms with Crippen molar-refractivity contribution >= 4 is 23.2 Å². The average Bonchev–Trinajstić information content (AvgIpc) is 2.80. The van der Waals surface area contributed by atoms with Crippen molar-refractivity contribution in [1.29, 1.82) is 0 Å². The number of amides is 1. The number of nitrogens with two attached hydrogens (primary N) is 1. The van der Waals surface area contributed by atoms with Crippen LogP contribution in [0.3, 0.4) is 0 Å². The van der Waals surface area contributed by atoms with Crippen LogP contribution < -0.4 is 11.1 Å². The fourth-order valence-electron chi connectivity index (χ4n) is 5.81. The van der Waals surface area contributed by atoms with Crippen molar-refractivity contribution in [3.05, 3.63) is 45.7 Å². The monoisotopic (exact) mass is 503 g/mol. The first-order valence-corrected chi connectivity index (χ1v) is 11.6. The van der Waals surface area contributed by atoms with Gasteiger partial charge in [0.15, 0.2) is 11.4 Å². The zero-order chi connectivity index (χ0) is 26.7. The Kier molecular flexibility index (Phi) is 6.44. The summed E-state index contributed by atoms with van der Waals surface area (Å²) in [6.07, 6.45) is 0.194. The Hall–Kier alpha value is -3.28. The summed E-state index contributed by atoms with van der Waals surface area (Å²) in [5.74, 6) is -6.91. The number of primary amides is 1. The van der Waals surface area contributed by atoms with Gasteiger partial charge < -0.3 is 31.5 Å². The maximum atomic E-state index is 13.8. The van der Waals surface area contributed by atoms with E-state index in [2.05, 4.69) is 5.32 Å². The molecular formula is C25H30FN3O7. The number of hydrogen-bond acceptors (Lipinski definition) is 9. The van der Waals surface area contributed by atoms with Crippen molar-refractivity contribution in [3.63, 3.8) is 0 Å². The lowest BCUT2D eigenvalue weighted by molar-refractivity contribution is -0.153. The number of alkyl halides is 1. The SMILES string of the molecule is CC(CF)NCc1ccc(O)c2c1C[C@H]1C[C@H]3C(N(C)C)C(=O)C(C(N)=O)=C(O)[C@@]3(O)C(=O)C1=C2O. The zero-order valence-electron chi connectivity index (χ0n) is 20.2. The molecule has 1 fully saturated rings. The van der Waals surface area contributed by atoms with Gasteiger partial charge in [-0.25, -0.2) is 4.39 Å². The molecule has 1 amide bonds. The molecule has 10 nitrogen and oxygen atoms in total. The third-order valence-electron chi connectivity index (χ3n) is 7.57. The van der Waals surface area contributed by atoms with E-state index in [1.165, 1.54) is 11.0 Å². The number of carbonyl (C=O) groups excluding carboxylic acids is 3. The molecule has 3 aliphatic rings. The van der Waals surface area contributed by atoms with Crippen LogP contribution in [0.4, 0.5) is 4.39 Å². The lowest BCUT2D eigenvalue weighted by Crippen LogP contribution is -2.65. The lowest BCUT2D eigenvalue weighted by Gasteiger charge is -2.50. The topological polar surface area (TPSA) is 173 Å². The van der Waals surface area contributed by atoms with Crippen LogP contribution in [0.1, 0.15) is 30.0 Å². The van der Waals surface area contributed by atoms with Gasteiger partial charge in [0.05, 0.1) is 11.6 Å². The number of halogens is 1. The van der Waals surface area contributed by atoms with Crippen molar-refractivity contribution in [2.75, 3.05) is 20.8 Å². The first kappa shape index (κ1) is 25.8. The number of aliphatic hydroxyl groups excluding tert-OH is 2. The Morgan fingerprint density at radius 1 is 1.28 bits per heavy atom. The van der Waals surface area contributed by atoms with Crippen molar-refractivity contribution in [2.45, 2.75) is 44.0 Å². The largest absolute Gasteiger partial charge is 0.508 e. The van der Waals surface area contributed by atoms with Crippen LogP contribution in [0.25, 0.3) is 5.76 Å². The van der Waals surface area contributed by atoms with Crippen molar-refractivity contribution in [1.82, 2.24) is 10.2 Å². The van der Waals surface area contributed by atoms with Gasteiger partial charge in [-0.05, 0) is 57.0 Å². The minimum Gasteiger partial charge on any atom is -0.508 e. The van der Waals surface area contributed by atoms with Gasteiger partial charge in [0.2, 0.25) is 5.78 Å². The van der Waals surface area contributed by atoms with E-state index >= 15 is 0 Å². The number of hydrogen-bond donors (Lipinski definition) is 6. The number of rotatable bonds is 6. The molecule has 0 saturated heterocycles. The summed E-state index contributed by atoms with van der Waals surface area (Å²) in [5.41, 5.74) is 2.83. The smallest absolute Gasteiger partial charge is 0.255 e. The third-order valence-corrected chi connectivity index (χ3v) is 7.57. The van der Waals surface area contributed by atoms with E-state index in [9.17, 15) is 39.2 Å². The van der Waals surface area contributed by atoms with Crippen molar-refractivity contribution < 1.29 is 39.2 Å². The fraction of sp³-hybridized carbons (Fsp3) is 0.480. The predicted molar refractivity (Wildman–Crippen MR) is 127 cm³/mol. The number of aliphatic hydroxyl groups is 3. The normalized spacial score (nSPS) is 28.7. The first-order valence-electron chi connectivity index (χ1n) is 11.6. The highest BCUT2D eigenvalue weighted by Crippen LogP contribution is 2.52. The summed E-state index contributed by atoms with van der Waals surface area (Å²) in [4.78, 5) is 40.3. The number of phenols is 1. The van der Waals surface area contributed by atoms with Gasteiger partial charge in [-0.3, -0.25) is 19.3 Å². The molecule has 2 unspecified atom stereocenters. The Morgan fingerprint density at radius 2 is 1.94 bits per heavy atom. The summed E-state index contributed by atoms with van der Waals surface area (Å²) in [6.45, 7) is 1.33. The fourth-order valence-corrected chi connectivity index (χ4v) is 5.81. The number of ketones is 2. The first-order chi connectivity index (χ1) is 16.9. The van der Waals surface area contributed by atoms with E-state index in [1.807, 2.05) is 0 Å². The van der Waals surface area contributed by atoms with Gasteiger partial charge >= 0.3 is 0 Å². The van der Waals surface area contributed by atoms with Crippen LogP contribution in [0, 0.1) is 11.8 Å². The van der Waals surface area contributed by atoms with Crippen LogP contribution in [-0.4, -0.2) is 81.3 Å². The number of Topliss-reactive ketones (excluding diaryl/α,β-unsaturated/α-hetero) is 2. The Morgan fingerprint density at radius 3 is 2.53 bits per heavy atom. The minimum absolute atomic E-state index is 0.00910. The second kappa shape index (κ2) is 8.99. The Bertz CT molecular complexity index is 1220. The molecule has 0 aliphatic heterocycles. The molecule has 11 heteroatoms. The number of nitrogens with one attached hydrogen (secondary N) is 1. The van der Waals surface area contributed by atoms with Crippen LogP contribution >= 0.6 is 0 Å². The molecule has 36 heavy (non-hydrogen) atoms. The zero-order valence-corrected chi connectivity index (χ0v) is 20.2. The number of fused-ring (bicyclic) bond motifs is 3. The predicted octanol–water partition coefficient (Wildman–Crippen LogP) is 0.412. The summed E-state index contributed by atoms with van der Waals surface area (Å²) in [7, 11) is 3.09. The molecule has 3 aliphatic carbocycles. The second-order valence-corrected chi connectivity index (χ2v) is 10.00. The molecule has 1 aromatic carbocycles. The lowest BCUT2D eigenvalue weighted by atomic mass is 9.57. The molecule has 0 spiro atoms. The van der Waals surface area contributed by atoms with Crippen LogP contribution in [0.2, 0.25) is 0 Å². The number of phenolic OH excluding ortho intramolecular Hbond substituents is 1. The van der Waals surface area contributed by atoms with Gasteiger partial charge in [-0.1, -0.05) is 6.07 Å². The molecule has 1 saturated carbocycles. The summed E-state index contributed by atoms with van der Waals surface area (Å²) in [5, 5.41) is 47.2. The highest BCUT2D eigenvalue weighted by atomic mass is 19.1. The average molecular weight is 504 g/mol. The molecule has 194 valence electrons. The highest BCUT2D eigenvalue weighted by molar-refractivity contribution is 6.24. The third kappa shape index (κ3) is 3.61. The maximum absolute atomic E-state index is 13.8. The maximum Gasteiger partial charge on any atom is 0.255 e. The Balaban J connectivity index is 1.89. The van der Waals surface area contributed by atoms with Gasteiger partial charge in [-0.2, -0.15) is 0 Å². The summed E-state index contributed by atoms with van der Waals surface area (Å²) < 4.78 is 13.0. The van der Waals surface area contributed by atoms with Crippen LogP contribution in [0.5, 0.6) is 5.75 Å². The van der Waals surface area contributed by atoms with E-state index in [-0.39, 0.29) is 36.3 Å². The molecule has 0 bridgehead atoms. The van der Waals surface area contributed by atoms with Gasteiger partial charge in [0.25, 0.3) is 5.91 Å². The molecule has 0 aromatic heterocycles. The number of likely N-dealkylation sites (N-methyl/N-ethyl adjacent to an activating group) is 1. The van der Waals surface area contributed by atoms with Gasteiger partial charge in [-0.15, -0.1) is 0 Å². The van der Waals surface area contributed by atoms with Gasteiger partial charge in [0, 0.05) is 24.1 Å².